The molecule has 0 aliphatic carbocycles. The van der Waals surface area contributed by atoms with Gasteiger partial charge in [0, 0.05) is 37.6 Å². The van der Waals surface area contributed by atoms with Gasteiger partial charge in [-0.2, -0.15) is 0 Å². The van der Waals surface area contributed by atoms with E-state index in [1.807, 2.05) is 11.8 Å². The van der Waals surface area contributed by atoms with Crippen molar-refractivity contribution in [2.45, 2.75) is 25.9 Å². The lowest BCUT2D eigenvalue weighted by Crippen LogP contribution is -2.57. The van der Waals surface area contributed by atoms with Gasteiger partial charge in [0.1, 0.15) is 5.69 Å². The Morgan fingerprint density at radius 1 is 1.39 bits per heavy atom. The van der Waals surface area contributed by atoms with Crippen molar-refractivity contribution in [3.63, 3.8) is 0 Å². The molecular weight excluding hydrogens is 275 g/mol. The molecule has 2 rings (SSSR count). The predicted molar refractivity (Wildman–Crippen MR) is 74.5 cm³/mol. The lowest BCUT2D eigenvalue weighted by Gasteiger charge is -2.38. The molecular formula is C11H18Cl2N4O. The molecule has 0 saturated carbocycles. The Kier molecular flexibility index (Phi) is 7.13. The smallest absolute Gasteiger partial charge is 0.274 e. The van der Waals surface area contributed by atoms with Crippen molar-refractivity contribution in [3.8, 4) is 0 Å². The Balaban J connectivity index is 0.00000144. The minimum atomic E-state index is -0.0334. The third-order valence-electron chi connectivity index (χ3n) is 3.08. The highest BCUT2D eigenvalue weighted by Crippen LogP contribution is 2.11. The largest absolute Gasteiger partial charge is 0.332 e. The average molecular weight is 293 g/mol. The maximum absolute atomic E-state index is 12.2. The summed E-state index contributed by atoms with van der Waals surface area (Å²) in [6.07, 6.45) is 4.63. The molecule has 1 fully saturated rings. The summed E-state index contributed by atoms with van der Waals surface area (Å²) < 4.78 is 0. The van der Waals surface area contributed by atoms with Crippen LogP contribution < -0.4 is 5.32 Å². The first-order valence-corrected chi connectivity index (χ1v) is 5.50. The highest BCUT2D eigenvalue weighted by Gasteiger charge is 2.29. The molecule has 7 heteroatoms. The van der Waals surface area contributed by atoms with Crippen molar-refractivity contribution in [1.29, 1.82) is 0 Å². The van der Waals surface area contributed by atoms with Crippen LogP contribution in [0.25, 0.3) is 0 Å². The monoisotopic (exact) mass is 292 g/mol. The zero-order valence-corrected chi connectivity index (χ0v) is 12.0. The molecule has 0 spiro atoms. The van der Waals surface area contributed by atoms with E-state index in [9.17, 15) is 4.79 Å². The van der Waals surface area contributed by atoms with Gasteiger partial charge in [0.25, 0.3) is 5.91 Å². The summed E-state index contributed by atoms with van der Waals surface area (Å²) in [5.74, 6) is -0.0334. The van der Waals surface area contributed by atoms with Crippen molar-refractivity contribution < 1.29 is 4.79 Å². The highest BCUT2D eigenvalue weighted by atomic mass is 35.5. The van der Waals surface area contributed by atoms with Crippen molar-refractivity contribution in [2.24, 2.45) is 0 Å². The Morgan fingerprint density at radius 2 is 2.11 bits per heavy atom. The maximum atomic E-state index is 12.2. The van der Waals surface area contributed by atoms with Crippen LogP contribution >= 0.6 is 24.8 Å². The molecule has 0 aromatic carbocycles. The number of nitrogens with one attached hydrogen (secondary N) is 1. The molecule has 5 nitrogen and oxygen atoms in total. The van der Waals surface area contributed by atoms with E-state index >= 15 is 0 Å². The molecule has 1 aromatic rings. The van der Waals surface area contributed by atoms with E-state index in [4.69, 9.17) is 0 Å². The molecule has 1 N–H and O–H groups in total. The van der Waals surface area contributed by atoms with Gasteiger partial charge in [-0.05, 0) is 13.8 Å². The maximum Gasteiger partial charge on any atom is 0.274 e. The summed E-state index contributed by atoms with van der Waals surface area (Å²) in [4.78, 5) is 22.0. The van der Waals surface area contributed by atoms with Crippen molar-refractivity contribution in [2.75, 3.05) is 13.1 Å². The topological polar surface area (TPSA) is 58.1 Å². The van der Waals surface area contributed by atoms with Gasteiger partial charge in [-0.25, -0.2) is 4.98 Å². The van der Waals surface area contributed by atoms with Crippen molar-refractivity contribution >= 4 is 30.7 Å². The van der Waals surface area contributed by atoms with Crippen LogP contribution in [0.4, 0.5) is 0 Å². The second-order valence-corrected chi connectivity index (χ2v) is 4.07. The van der Waals surface area contributed by atoms with Crippen LogP contribution in [-0.2, 0) is 0 Å². The number of rotatable bonds is 1. The molecule has 0 bridgehead atoms. The second kappa shape index (κ2) is 7.51. The molecule has 2 unspecified atom stereocenters. The standard InChI is InChI=1S/C11H16N4O.2ClH/c1-8-9(2)15(6-5-13-8)11(16)10-7-12-3-4-14-10;;/h3-4,7-9,13H,5-6H2,1-2H3;2*1H. The Labute approximate surface area is 119 Å². The van der Waals surface area contributed by atoms with Gasteiger partial charge in [-0.3, -0.25) is 9.78 Å². The van der Waals surface area contributed by atoms with Crippen LogP contribution in [0.5, 0.6) is 0 Å². The minimum Gasteiger partial charge on any atom is -0.332 e. The molecule has 102 valence electrons. The zero-order chi connectivity index (χ0) is 11.5. The number of amides is 1. The SMILES string of the molecule is CC1NCCN(C(=O)c2cnccn2)C1C.Cl.Cl. The second-order valence-electron chi connectivity index (χ2n) is 4.07. The lowest BCUT2D eigenvalue weighted by atomic mass is 10.1. The first-order valence-electron chi connectivity index (χ1n) is 5.50. The molecule has 1 aliphatic rings. The summed E-state index contributed by atoms with van der Waals surface area (Å²) in [6.45, 7) is 5.68. The molecule has 1 saturated heterocycles. The first-order chi connectivity index (χ1) is 7.70. The fourth-order valence-corrected chi connectivity index (χ4v) is 1.90. The summed E-state index contributed by atoms with van der Waals surface area (Å²) >= 11 is 0. The molecule has 1 amide bonds. The van der Waals surface area contributed by atoms with E-state index in [-0.39, 0.29) is 36.8 Å². The van der Waals surface area contributed by atoms with E-state index in [0.29, 0.717) is 11.7 Å². The predicted octanol–water partition coefficient (Wildman–Crippen LogP) is 1.14. The highest BCUT2D eigenvalue weighted by molar-refractivity contribution is 5.92. The third kappa shape index (κ3) is 3.54. The number of nitrogens with zero attached hydrogens (tertiary/aromatic N) is 3. The average Bonchev–Trinajstić information content (AvgIpc) is 2.33. The van der Waals surface area contributed by atoms with Crippen LogP contribution in [0.15, 0.2) is 18.6 Å². The fraction of sp³-hybridized carbons (Fsp3) is 0.545. The normalized spacial score (nSPS) is 22.7. The van der Waals surface area contributed by atoms with E-state index in [2.05, 4.69) is 22.2 Å². The van der Waals surface area contributed by atoms with E-state index in [1.54, 1.807) is 12.4 Å². The number of hydrogen-bond donors (Lipinski definition) is 1. The Bertz CT molecular complexity index is 377. The molecule has 0 radical (unpaired) electrons. The first kappa shape index (κ1) is 17.1. The van der Waals surface area contributed by atoms with E-state index in [1.165, 1.54) is 6.20 Å². The van der Waals surface area contributed by atoms with Crippen LogP contribution in [0.1, 0.15) is 24.3 Å². The Hall–Kier alpha value is -0.910. The van der Waals surface area contributed by atoms with Gasteiger partial charge in [0.15, 0.2) is 0 Å². The van der Waals surface area contributed by atoms with Crippen LogP contribution in [-0.4, -0.2) is 45.9 Å². The van der Waals surface area contributed by atoms with Crippen LogP contribution in [0, 0.1) is 0 Å². The van der Waals surface area contributed by atoms with Gasteiger partial charge in [-0.15, -0.1) is 24.8 Å². The molecule has 18 heavy (non-hydrogen) atoms. The van der Waals surface area contributed by atoms with Crippen LogP contribution in [0.2, 0.25) is 0 Å². The number of piperazine rings is 1. The van der Waals surface area contributed by atoms with Crippen molar-refractivity contribution in [3.05, 3.63) is 24.3 Å². The summed E-state index contributed by atoms with van der Waals surface area (Å²) in [5.41, 5.74) is 0.420. The molecule has 1 aromatic heterocycles. The van der Waals surface area contributed by atoms with Gasteiger partial charge in [0.2, 0.25) is 0 Å². The molecule has 1 aliphatic heterocycles. The fourth-order valence-electron chi connectivity index (χ4n) is 1.90. The van der Waals surface area contributed by atoms with E-state index < -0.39 is 0 Å². The number of aromatic nitrogens is 2. The van der Waals surface area contributed by atoms with Crippen LogP contribution in [0.3, 0.4) is 0 Å². The zero-order valence-electron chi connectivity index (χ0n) is 10.4. The van der Waals surface area contributed by atoms with Gasteiger partial charge in [-0.1, -0.05) is 0 Å². The number of hydrogen-bond acceptors (Lipinski definition) is 4. The number of halogens is 2. The lowest BCUT2D eigenvalue weighted by molar-refractivity contribution is 0.0596. The minimum absolute atomic E-state index is 0. The third-order valence-corrected chi connectivity index (χ3v) is 3.08. The number of carbonyl (C=O) groups is 1. The van der Waals surface area contributed by atoms with Gasteiger partial charge >= 0.3 is 0 Å². The van der Waals surface area contributed by atoms with Gasteiger partial charge < -0.3 is 10.2 Å². The van der Waals surface area contributed by atoms with Crippen molar-refractivity contribution in [1.82, 2.24) is 20.2 Å². The van der Waals surface area contributed by atoms with E-state index in [0.717, 1.165) is 13.1 Å². The molecule has 2 heterocycles. The summed E-state index contributed by atoms with van der Waals surface area (Å²) in [7, 11) is 0. The summed E-state index contributed by atoms with van der Waals surface area (Å²) in [5, 5.41) is 3.34. The number of carbonyl (C=O) groups excluding carboxylic acids is 1. The summed E-state index contributed by atoms with van der Waals surface area (Å²) in [6, 6.07) is 0.498. The van der Waals surface area contributed by atoms with Gasteiger partial charge in [0.05, 0.1) is 6.20 Å². The molecule has 2 atom stereocenters. The quantitative estimate of drug-likeness (QED) is 0.843. The Morgan fingerprint density at radius 3 is 2.72 bits per heavy atom.